The average molecular weight is 289 g/mol. The fourth-order valence-corrected chi connectivity index (χ4v) is 2.97. The van der Waals surface area contributed by atoms with Gasteiger partial charge in [-0.3, -0.25) is 0 Å². The van der Waals surface area contributed by atoms with Crippen molar-refractivity contribution in [3.8, 4) is 5.75 Å². The van der Waals surface area contributed by atoms with E-state index >= 15 is 0 Å². The van der Waals surface area contributed by atoms with Gasteiger partial charge in [-0.25, -0.2) is 8.78 Å². The molecule has 2 unspecified atom stereocenters. The monoisotopic (exact) mass is 289 g/mol. The molecule has 21 heavy (non-hydrogen) atoms. The summed E-state index contributed by atoms with van der Waals surface area (Å²) in [6, 6.07) is 11.9. The minimum atomic E-state index is -0.815. The first-order valence-electron chi connectivity index (χ1n) is 7.02. The third kappa shape index (κ3) is 2.63. The van der Waals surface area contributed by atoms with E-state index in [2.05, 4.69) is 5.32 Å². The summed E-state index contributed by atoms with van der Waals surface area (Å²) in [6.07, 6.45) is 0.775. The Bertz CT molecular complexity index is 644. The van der Waals surface area contributed by atoms with Crippen LogP contribution in [0.25, 0.3) is 0 Å². The van der Waals surface area contributed by atoms with E-state index in [1.54, 1.807) is 13.1 Å². The fraction of sp³-hybridized carbons (Fsp3) is 0.294. The standard InChI is InChI=1S/C17H17F2NO/c1-20-17(13-6-4-7-14(18)16(13)19)12-9-11-5-2-3-8-15(11)21-10-12/h2-8,12,17,20H,9-10H2,1H3. The molecule has 1 aliphatic heterocycles. The molecule has 4 heteroatoms. The molecule has 3 rings (SSSR count). The normalized spacial score (nSPS) is 18.7. The first-order chi connectivity index (χ1) is 10.2. The van der Waals surface area contributed by atoms with Crippen molar-refractivity contribution in [3.63, 3.8) is 0 Å². The van der Waals surface area contributed by atoms with Crippen LogP contribution in [-0.2, 0) is 6.42 Å². The average Bonchev–Trinajstić information content (AvgIpc) is 2.52. The molecular formula is C17H17F2NO. The van der Waals surface area contributed by atoms with Crippen LogP contribution in [0, 0.1) is 17.6 Å². The van der Waals surface area contributed by atoms with Crippen LogP contribution in [0.5, 0.6) is 5.75 Å². The number of fused-ring (bicyclic) bond motifs is 1. The Morgan fingerprint density at radius 3 is 2.76 bits per heavy atom. The molecule has 1 aliphatic rings. The Kier molecular flexibility index (Phi) is 3.88. The number of hydrogen-bond acceptors (Lipinski definition) is 2. The van der Waals surface area contributed by atoms with E-state index in [9.17, 15) is 8.78 Å². The highest BCUT2D eigenvalue weighted by atomic mass is 19.2. The number of benzene rings is 2. The molecule has 0 radical (unpaired) electrons. The predicted octanol–water partition coefficient (Wildman–Crippen LogP) is 3.48. The second-order valence-corrected chi connectivity index (χ2v) is 5.29. The van der Waals surface area contributed by atoms with Crippen molar-refractivity contribution < 1.29 is 13.5 Å². The molecule has 1 N–H and O–H groups in total. The largest absolute Gasteiger partial charge is 0.493 e. The van der Waals surface area contributed by atoms with Gasteiger partial charge in [-0.1, -0.05) is 30.3 Å². The molecule has 0 saturated heterocycles. The maximum atomic E-state index is 14.0. The van der Waals surface area contributed by atoms with Crippen LogP contribution in [0.15, 0.2) is 42.5 Å². The summed E-state index contributed by atoms with van der Waals surface area (Å²) in [5.74, 6) is -0.662. The summed E-state index contributed by atoms with van der Waals surface area (Å²) in [7, 11) is 1.76. The first-order valence-corrected chi connectivity index (χ1v) is 7.02. The fourth-order valence-electron chi connectivity index (χ4n) is 2.97. The first kappa shape index (κ1) is 14.0. The summed E-state index contributed by atoms with van der Waals surface area (Å²) in [5.41, 5.74) is 1.45. The van der Waals surface area contributed by atoms with Crippen molar-refractivity contribution in [2.45, 2.75) is 12.5 Å². The lowest BCUT2D eigenvalue weighted by molar-refractivity contribution is 0.186. The van der Waals surface area contributed by atoms with Gasteiger partial charge in [-0.15, -0.1) is 0 Å². The maximum absolute atomic E-state index is 14.0. The van der Waals surface area contributed by atoms with Gasteiger partial charge in [0.05, 0.1) is 6.61 Å². The molecule has 2 aromatic carbocycles. The smallest absolute Gasteiger partial charge is 0.163 e. The number of ether oxygens (including phenoxy) is 1. The lowest BCUT2D eigenvalue weighted by atomic mass is 9.86. The minimum absolute atomic E-state index is 0.0567. The van der Waals surface area contributed by atoms with Crippen LogP contribution in [0.4, 0.5) is 8.78 Å². The Morgan fingerprint density at radius 1 is 1.14 bits per heavy atom. The zero-order chi connectivity index (χ0) is 14.8. The molecule has 0 spiro atoms. The lowest BCUT2D eigenvalue weighted by Crippen LogP contribution is -2.34. The zero-order valence-corrected chi connectivity index (χ0v) is 11.8. The van der Waals surface area contributed by atoms with Crippen LogP contribution in [0.3, 0.4) is 0 Å². The molecule has 0 saturated carbocycles. The summed E-state index contributed by atoms with van der Waals surface area (Å²) in [6.45, 7) is 0.485. The molecule has 2 nitrogen and oxygen atoms in total. The zero-order valence-electron chi connectivity index (χ0n) is 11.8. The third-order valence-corrected chi connectivity index (χ3v) is 4.01. The van der Waals surface area contributed by atoms with Gasteiger partial charge >= 0.3 is 0 Å². The molecule has 0 amide bonds. The highest BCUT2D eigenvalue weighted by molar-refractivity contribution is 5.36. The topological polar surface area (TPSA) is 21.3 Å². The van der Waals surface area contributed by atoms with Gasteiger partial charge in [-0.2, -0.15) is 0 Å². The molecule has 0 fully saturated rings. The Hall–Kier alpha value is -1.94. The summed E-state index contributed by atoms with van der Waals surface area (Å²) in [4.78, 5) is 0. The molecule has 2 aromatic rings. The third-order valence-electron chi connectivity index (χ3n) is 4.01. The van der Waals surface area contributed by atoms with E-state index < -0.39 is 11.6 Å². The number of hydrogen-bond donors (Lipinski definition) is 1. The van der Waals surface area contributed by atoms with Crippen molar-refractivity contribution in [2.75, 3.05) is 13.7 Å². The predicted molar refractivity (Wildman–Crippen MR) is 77.3 cm³/mol. The Labute approximate surface area is 122 Å². The summed E-state index contributed by atoms with van der Waals surface area (Å²) >= 11 is 0. The number of para-hydroxylation sites is 1. The van der Waals surface area contributed by atoms with E-state index in [0.29, 0.717) is 12.2 Å². The maximum Gasteiger partial charge on any atom is 0.163 e. The van der Waals surface area contributed by atoms with Crippen molar-refractivity contribution >= 4 is 0 Å². The van der Waals surface area contributed by atoms with Gasteiger partial charge in [0.25, 0.3) is 0 Å². The highest BCUT2D eigenvalue weighted by Gasteiger charge is 2.29. The molecule has 0 aliphatic carbocycles. The Morgan fingerprint density at radius 2 is 1.95 bits per heavy atom. The molecule has 0 aromatic heterocycles. The molecule has 2 atom stereocenters. The lowest BCUT2D eigenvalue weighted by Gasteiger charge is -2.32. The number of halogens is 2. The number of rotatable bonds is 3. The van der Waals surface area contributed by atoms with E-state index in [1.807, 2.05) is 24.3 Å². The van der Waals surface area contributed by atoms with E-state index in [4.69, 9.17) is 4.74 Å². The van der Waals surface area contributed by atoms with Gasteiger partial charge in [0, 0.05) is 17.5 Å². The van der Waals surface area contributed by atoms with Crippen LogP contribution in [0.2, 0.25) is 0 Å². The molecule has 1 heterocycles. The van der Waals surface area contributed by atoms with Gasteiger partial charge in [0.1, 0.15) is 5.75 Å². The van der Waals surface area contributed by atoms with Crippen molar-refractivity contribution in [1.82, 2.24) is 5.32 Å². The highest BCUT2D eigenvalue weighted by Crippen LogP contribution is 2.34. The quantitative estimate of drug-likeness (QED) is 0.934. The van der Waals surface area contributed by atoms with Gasteiger partial charge in [0.2, 0.25) is 0 Å². The van der Waals surface area contributed by atoms with Crippen molar-refractivity contribution in [3.05, 3.63) is 65.2 Å². The second kappa shape index (κ2) is 5.82. The summed E-state index contributed by atoms with van der Waals surface area (Å²) in [5, 5.41) is 3.10. The van der Waals surface area contributed by atoms with Crippen LogP contribution >= 0.6 is 0 Å². The van der Waals surface area contributed by atoms with Gasteiger partial charge in [-0.05, 0) is 31.2 Å². The van der Waals surface area contributed by atoms with Gasteiger partial charge < -0.3 is 10.1 Å². The van der Waals surface area contributed by atoms with E-state index in [0.717, 1.165) is 23.8 Å². The van der Waals surface area contributed by atoms with Gasteiger partial charge in [0.15, 0.2) is 11.6 Å². The molecular weight excluding hydrogens is 272 g/mol. The van der Waals surface area contributed by atoms with E-state index in [-0.39, 0.29) is 12.0 Å². The summed E-state index contributed by atoms with van der Waals surface area (Å²) < 4.78 is 33.2. The molecule has 110 valence electrons. The van der Waals surface area contributed by atoms with E-state index in [1.165, 1.54) is 6.07 Å². The van der Waals surface area contributed by atoms with Crippen LogP contribution < -0.4 is 10.1 Å². The van der Waals surface area contributed by atoms with Crippen LogP contribution in [-0.4, -0.2) is 13.7 Å². The van der Waals surface area contributed by atoms with Crippen LogP contribution in [0.1, 0.15) is 17.2 Å². The van der Waals surface area contributed by atoms with Crippen molar-refractivity contribution in [2.24, 2.45) is 5.92 Å². The SMILES string of the molecule is CNC(c1cccc(F)c1F)C1COc2ccccc2C1. The Balaban J connectivity index is 1.90. The molecule has 0 bridgehead atoms. The second-order valence-electron chi connectivity index (χ2n) is 5.29. The minimum Gasteiger partial charge on any atom is -0.493 e. The van der Waals surface area contributed by atoms with Crippen molar-refractivity contribution in [1.29, 1.82) is 0 Å². The number of nitrogens with one attached hydrogen (secondary N) is 1.